The van der Waals surface area contributed by atoms with Crippen LogP contribution in [-0.4, -0.2) is 18.4 Å². The molecule has 0 unspecified atom stereocenters. The lowest BCUT2D eigenvalue weighted by Crippen LogP contribution is -2.09. The van der Waals surface area contributed by atoms with Crippen LogP contribution in [0.25, 0.3) is 0 Å². The Kier molecular flexibility index (Phi) is 7.48. The van der Waals surface area contributed by atoms with Gasteiger partial charge >= 0.3 is 5.97 Å². The number of ketones is 1. The minimum atomic E-state index is -0.434. The molecule has 0 rings (SSSR count). The minimum Gasteiger partial charge on any atom is -0.465 e. The lowest BCUT2D eigenvalue weighted by molar-refractivity contribution is -0.145. The zero-order valence-electron chi connectivity index (χ0n) is 8.54. The second-order valence-corrected chi connectivity index (χ2v) is 3.00. The van der Waals surface area contributed by atoms with Gasteiger partial charge in [-0.15, -0.1) is 5.73 Å². The first-order valence-electron chi connectivity index (χ1n) is 4.66. The third-order valence-electron chi connectivity index (χ3n) is 1.54. The van der Waals surface area contributed by atoms with Crippen molar-refractivity contribution < 1.29 is 14.3 Å². The molecule has 0 fully saturated rings. The number of ether oxygens (including phenoxy) is 1. The van der Waals surface area contributed by atoms with Gasteiger partial charge in [0.2, 0.25) is 0 Å². The summed E-state index contributed by atoms with van der Waals surface area (Å²) >= 11 is 0. The molecule has 3 nitrogen and oxygen atoms in total. The van der Waals surface area contributed by atoms with Crippen LogP contribution in [0.3, 0.4) is 0 Å². The molecule has 0 amide bonds. The van der Waals surface area contributed by atoms with Crippen molar-refractivity contribution in [2.24, 2.45) is 0 Å². The smallest absolute Gasteiger partial charge is 0.313 e. The number of carbonyl (C=O) groups is 2. The highest BCUT2D eigenvalue weighted by Gasteiger charge is 2.04. The molecule has 78 valence electrons. The summed E-state index contributed by atoms with van der Waals surface area (Å²) in [6.07, 6.45) is 4.37. The van der Waals surface area contributed by atoms with Crippen molar-refractivity contribution in [3.05, 3.63) is 18.4 Å². The number of rotatable bonds is 7. The largest absolute Gasteiger partial charge is 0.465 e. The van der Waals surface area contributed by atoms with E-state index in [0.29, 0.717) is 6.61 Å². The van der Waals surface area contributed by atoms with Crippen LogP contribution >= 0.6 is 0 Å². The molecule has 0 bridgehead atoms. The fourth-order valence-electron chi connectivity index (χ4n) is 0.891. The lowest BCUT2D eigenvalue weighted by atomic mass is 10.2. The standard InChI is InChI=1S/C11H16O3/c1-3-4-5-6-7-8-14-11(13)9-10(2)12/h4H,1,5-9H2,2H3. The molecule has 0 aliphatic carbocycles. The number of hydrogen-bond acceptors (Lipinski definition) is 3. The number of unbranched alkanes of at least 4 members (excludes halogenated alkanes) is 2. The Balaban J connectivity index is 3.31. The summed E-state index contributed by atoms with van der Waals surface area (Å²) in [4.78, 5) is 21.4. The Morgan fingerprint density at radius 2 is 2.14 bits per heavy atom. The van der Waals surface area contributed by atoms with Gasteiger partial charge in [-0.3, -0.25) is 9.59 Å². The number of Topliss-reactive ketones (excluding diaryl/α,β-unsaturated/α-hetero) is 1. The maximum atomic E-state index is 10.9. The van der Waals surface area contributed by atoms with Crippen LogP contribution in [0.4, 0.5) is 0 Å². The molecule has 0 aliphatic heterocycles. The van der Waals surface area contributed by atoms with E-state index in [1.54, 1.807) is 0 Å². The van der Waals surface area contributed by atoms with Crippen molar-refractivity contribution in [1.29, 1.82) is 0 Å². The predicted octanol–water partition coefficient (Wildman–Crippen LogP) is 2.02. The highest BCUT2D eigenvalue weighted by molar-refractivity contribution is 5.94. The molecule has 0 aromatic carbocycles. The van der Waals surface area contributed by atoms with E-state index in [-0.39, 0.29) is 12.2 Å². The molecule has 0 aromatic rings. The monoisotopic (exact) mass is 196 g/mol. The Labute approximate surface area is 84.4 Å². The summed E-state index contributed by atoms with van der Waals surface area (Å²) in [6.45, 7) is 5.19. The lowest BCUT2D eigenvalue weighted by Gasteiger charge is -2.01. The number of carbonyl (C=O) groups excluding carboxylic acids is 2. The molecule has 0 aliphatic rings. The molecule has 0 saturated carbocycles. The first kappa shape index (κ1) is 12.7. The molecule has 0 aromatic heterocycles. The Bertz CT molecular complexity index is 237. The summed E-state index contributed by atoms with van der Waals surface area (Å²) < 4.78 is 4.82. The summed E-state index contributed by atoms with van der Waals surface area (Å²) in [5, 5.41) is 0. The zero-order chi connectivity index (χ0) is 10.8. The average Bonchev–Trinajstić information content (AvgIpc) is 2.10. The number of allylic oxidation sites excluding steroid dienone is 1. The molecule has 0 N–H and O–H groups in total. The van der Waals surface area contributed by atoms with Crippen molar-refractivity contribution >= 4 is 11.8 Å². The first-order valence-corrected chi connectivity index (χ1v) is 4.66. The molecule has 3 heteroatoms. The molecule has 0 heterocycles. The Morgan fingerprint density at radius 3 is 2.71 bits per heavy atom. The zero-order valence-corrected chi connectivity index (χ0v) is 8.54. The SMILES string of the molecule is C=C=CCCCCOC(=O)CC(C)=O. The van der Waals surface area contributed by atoms with E-state index in [2.05, 4.69) is 12.3 Å². The summed E-state index contributed by atoms with van der Waals surface area (Å²) in [5.74, 6) is -0.596. The molecule has 0 spiro atoms. The van der Waals surface area contributed by atoms with E-state index < -0.39 is 5.97 Å². The third-order valence-corrected chi connectivity index (χ3v) is 1.54. The highest BCUT2D eigenvalue weighted by Crippen LogP contribution is 1.97. The molecule has 0 atom stereocenters. The first-order chi connectivity index (χ1) is 6.66. The quantitative estimate of drug-likeness (QED) is 0.271. The summed E-state index contributed by atoms with van der Waals surface area (Å²) in [7, 11) is 0. The van der Waals surface area contributed by atoms with Gasteiger partial charge in [0.15, 0.2) is 0 Å². The van der Waals surface area contributed by atoms with Gasteiger partial charge in [0.1, 0.15) is 12.2 Å². The second-order valence-electron chi connectivity index (χ2n) is 3.00. The van der Waals surface area contributed by atoms with Crippen molar-refractivity contribution in [2.45, 2.75) is 32.6 Å². The van der Waals surface area contributed by atoms with E-state index in [1.807, 2.05) is 6.08 Å². The van der Waals surface area contributed by atoms with Crippen molar-refractivity contribution in [1.82, 2.24) is 0 Å². The van der Waals surface area contributed by atoms with Crippen LogP contribution in [0, 0.1) is 0 Å². The highest BCUT2D eigenvalue weighted by atomic mass is 16.5. The van der Waals surface area contributed by atoms with E-state index in [9.17, 15) is 9.59 Å². The van der Waals surface area contributed by atoms with Gasteiger partial charge in [-0.05, 0) is 32.3 Å². The average molecular weight is 196 g/mol. The van der Waals surface area contributed by atoms with Gasteiger partial charge in [0.05, 0.1) is 6.61 Å². The normalized spacial score (nSPS) is 8.93. The van der Waals surface area contributed by atoms with Crippen LogP contribution < -0.4 is 0 Å². The van der Waals surface area contributed by atoms with E-state index in [1.165, 1.54) is 6.92 Å². The third kappa shape index (κ3) is 8.75. The summed E-state index contributed by atoms with van der Waals surface area (Å²) in [5.41, 5.74) is 2.67. The predicted molar refractivity (Wildman–Crippen MR) is 53.8 cm³/mol. The molecular weight excluding hydrogens is 180 g/mol. The van der Waals surface area contributed by atoms with Gasteiger partial charge in [0.25, 0.3) is 0 Å². The Morgan fingerprint density at radius 1 is 1.43 bits per heavy atom. The molecule has 14 heavy (non-hydrogen) atoms. The van der Waals surface area contributed by atoms with Crippen molar-refractivity contribution in [2.75, 3.05) is 6.61 Å². The van der Waals surface area contributed by atoms with Crippen LogP contribution in [-0.2, 0) is 14.3 Å². The fourth-order valence-corrected chi connectivity index (χ4v) is 0.891. The fraction of sp³-hybridized carbons (Fsp3) is 0.545. The maximum absolute atomic E-state index is 10.9. The van der Waals surface area contributed by atoms with E-state index >= 15 is 0 Å². The molecule has 0 saturated heterocycles. The van der Waals surface area contributed by atoms with E-state index in [4.69, 9.17) is 4.74 Å². The van der Waals surface area contributed by atoms with Gasteiger partial charge in [-0.1, -0.05) is 6.58 Å². The van der Waals surface area contributed by atoms with Crippen LogP contribution in [0.5, 0.6) is 0 Å². The second kappa shape index (κ2) is 8.27. The van der Waals surface area contributed by atoms with Crippen molar-refractivity contribution in [3.8, 4) is 0 Å². The van der Waals surface area contributed by atoms with Crippen LogP contribution in [0.15, 0.2) is 18.4 Å². The minimum absolute atomic E-state index is 0.118. The summed E-state index contributed by atoms with van der Waals surface area (Å²) in [6, 6.07) is 0. The van der Waals surface area contributed by atoms with Gasteiger partial charge in [-0.2, -0.15) is 0 Å². The van der Waals surface area contributed by atoms with E-state index in [0.717, 1.165) is 19.3 Å². The van der Waals surface area contributed by atoms with Crippen molar-refractivity contribution in [3.63, 3.8) is 0 Å². The van der Waals surface area contributed by atoms with Gasteiger partial charge in [-0.25, -0.2) is 0 Å². The van der Waals surface area contributed by atoms with Crippen LogP contribution in [0.1, 0.15) is 32.6 Å². The molecule has 0 radical (unpaired) electrons. The molecular formula is C11H16O3. The number of esters is 1. The maximum Gasteiger partial charge on any atom is 0.313 e. The van der Waals surface area contributed by atoms with Crippen LogP contribution in [0.2, 0.25) is 0 Å². The number of hydrogen-bond donors (Lipinski definition) is 0. The van der Waals surface area contributed by atoms with Gasteiger partial charge in [0, 0.05) is 0 Å². The topological polar surface area (TPSA) is 43.4 Å². The van der Waals surface area contributed by atoms with Gasteiger partial charge < -0.3 is 4.74 Å². The Hall–Kier alpha value is -1.34.